The standard InChI is InChI=1S/C19H33BO2/c1-14-6-8-15(9-7-14)16-10-12-17(13-11-16)20-21-18(2,3)19(4,5)22-20/h12,14-16H,6-11,13H2,1-5H3/t14-,15-,16?. The summed E-state index contributed by atoms with van der Waals surface area (Å²) in [6.07, 6.45) is 11.9. The van der Waals surface area contributed by atoms with Gasteiger partial charge in [0.05, 0.1) is 11.2 Å². The Bertz CT molecular complexity index is 417. The molecule has 1 saturated heterocycles. The Labute approximate surface area is 137 Å². The Balaban J connectivity index is 1.58. The molecule has 2 nitrogen and oxygen atoms in total. The van der Waals surface area contributed by atoms with Crippen molar-refractivity contribution < 1.29 is 9.31 Å². The molecule has 124 valence electrons. The molecule has 3 rings (SSSR count). The third-order valence-corrected chi connectivity index (χ3v) is 6.77. The summed E-state index contributed by atoms with van der Waals surface area (Å²) >= 11 is 0. The van der Waals surface area contributed by atoms with E-state index in [2.05, 4.69) is 40.7 Å². The second kappa shape index (κ2) is 5.98. The van der Waals surface area contributed by atoms with Gasteiger partial charge in [0, 0.05) is 0 Å². The minimum Gasteiger partial charge on any atom is -0.400 e. The second-order valence-corrected chi connectivity index (χ2v) is 8.92. The van der Waals surface area contributed by atoms with Gasteiger partial charge in [-0.05, 0) is 83.0 Å². The molecule has 3 aliphatic rings. The van der Waals surface area contributed by atoms with Crippen LogP contribution in [-0.2, 0) is 9.31 Å². The lowest BCUT2D eigenvalue weighted by molar-refractivity contribution is 0.00578. The van der Waals surface area contributed by atoms with Gasteiger partial charge >= 0.3 is 7.12 Å². The van der Waals surface area contributed by atoms with E-state index in [1.165, 1.54) is 44.0 Å². The lowest BCUT2D eigenvalue weighted by Gasteiger charge is -2.34. The Morgan fingerprint density at radius 1 is 0.909 bits per heavy atom. The molecule has 0 aromatic carbocycles. The van der Waals surface area contributed by atoms with Crippen molar-refractivity contribution >= 4 is 7.12 Å². The highest BCUT2D eigenvalue weighted by molar-refractivity contribution is 6.54. The maximum Gasteiger partial charge on any atom is 0.490 e. The van der Waals surface area contributed by atoms with Crippen molar-refractivity contribution in [2.75, 3.05) is 0 Å². The van der Waals surface area contributed by atoms with Crippen LogP contribution in [0.4, 0.5) is 0 Å². The van der Waals surface area contributed by atoms with Crippen LogP contribution in [0.25, 0.3) is 0 Å². The average Bonchev–Trinajstić information content (AvgIpc) is 2.68. The molecule has 2 fully saturated rings. The van der Waals surface area contributed by atoms with E-state index in [1.807, 2.05) is 0 Å². The summed E-state index contributed by atoms with van der Waals surface area (Å²) in [5, 5.41) is 0. The zero-order valence-electron chi connectivity index (χ0n) is 15.2. The van der Waals surface area contributed by atoms with Crippen LogP contribution in [0.3, 0.4) is 0 Å². The monoisotopic (exact) mass is 304 g/mol. The van der Waals surface area contributed by atoms with Crippen LogP contribution in [0, 0.1) is 17.8 Å². The smallest absolute Gasteiger partial charge is 0.400 e. The molecule has 0 spiro atoms. The van der Waals surface area contributed by atoms with Crippen LogP contribution in [0.5, 0.6) is 0 Å². The van der Waals surface area contributed by atoms with Gasteiger partial charge in [-0.2, -0.15) is 0 Å². The molecule has 0 aromatic rings. The maximum atomic E-state index is 6.21. The van der Waals surface area contributed by atoms with E-state index in [0.29, 0.717) is 0 Å². The molecule has 0 N–H and O–H groups in total. The largest absolute Gasteiger partial charge is 0.490 e. The lowest BCUT2D eigenvalue weighted by atomic mass is 9.66. The van der Waals surface area contributed by atoms with Gasteiger partial charge in [0.15, 0.2) is 0 Å². The molecule has 1 heterocycles. The summed E-state index contributed by atoms with van der Waals surface area (Å²) < 4.78 is 12.4. The van der Waals surface area contributed by atoms with Crippen LogP contribution in [0.1, 0.15) is 79.6 Å². The molecule has 3 heteroatoms. The van der Waals surface area contributed by atoms with Gasteiger partial charge in [0.25, 0.3) is 0 Å². The van der Waals surface area contributed by atoms with Crippen LogP contribution in [-0.4, -0.2) is 18.3 Å². The van der Waals surface area contributed by atoms with Crippen LogP contribution < -0.4 is 0 Å². The Morgan fingerprint density at radius 2 is 1.50 bits per heavy atom. The summed E-state index contributed by atoms with van der Waals surface area (Å²) in [5.74, 6) is 2.82. The molecule has 22 heavy (non-hydrogen) atoms. The van der Waals surface area contributed by atoms with Crippen LogP contribution in [0.2, 0.25) is 0 Å². The summed E-state index contributed by atoms with van der Waals surface area (Å²) in [6.45, 7) is 11.0. The third kappa shape index (κ3) is 3.17. The van der Waals surface area contributed by atoms with Gasteiger partial charge < -0.3 is 9.31 Å². The van der Waals surface area contributed by atoms with E-state index < -0.39 is 0 Å². The second-order valence-electron chi connectivity index (χ2n) is 8.92. The minimum absolute atomic E-state index is 0.114. The van der Waals surface area contributed by atoms with E-state index in [4.69, 9.17) is 9.31 Å². The highest BCUT2D eigenvalue weighted by Gasteiger charge is 2.52. The maximum absolute atomic E-state index is 6.21. The van der Waals surface area contributed by atoms with E-state index >= 15 is 0 Å². The van der Waals surface area contributed by atoms with Gasteiger partial charge in [-0.25, -0.2) is 0 Å². The van der Waals surface area contributed by atoms with Crippen molar-refractivity contribution in [1.29, 1.82) is 0 Å². The first-order chi connectivity index (χ1) is 10.3. The van der Waals surface area contributed by atoms with Gasteiger partial charge in [0.1, 0.15) is 0 Å². The van der Waals surface area contributed by atoms with E-state index in [-0.39, 0.29) is 18.3 Å². The highest BCUT2D eigenvalue weighted by Crippen LogP contribution is 2.43. The Kier molecular flexibility index (Phi) is 4.51. The van der Waals surface area contributed by atoms with Gasteiger partial charge in [-0.3, -0.25) is 0 Å². The van der Waals surface area contributed by atoms with Crippen molar-refractivity contribution in [2.24, 2.45) is 17.8 Å². The fraction of sp³-hybridized carbons (Fsp3) is 0.895. The van der Waals surface area contributed by atoms with E-state index in [0.717, 1.165) is 24.2 Å². The molecule has 0 bridgehead atoms. The van der Waals surface area contributed by atoms with E-state index in [9.17, 15) is 0 Å². The summed E-state index contributed by atoms with van der Waals surface area (Å²) in [7, 11) is -0.114. The van der Waals surface area contributed by atoms with Gasteiger partial charge in [-0.1, -0.05) is 25.8 Å². The van der Waals surface area contributed by atoms with E-state index in [1.54, 1.807) is 0 Å². The first-order valence-corrected chi connectivity index (χ1v) is 9.33. The minimum atomic E-state index is -0.213. The Hall–Kier alpha value is -0.275. The summed E-state index contributed by atoms with van der Waals surface area (Å²) in [6, 6.07) is 0. The lowest BCUT2D eigenvalue weighted by Crippen LogP contribution is -2.41. The van der Waals surface area contributed by atoms with Crippen molar-refractivity contribution in [3.63, 3.8) is 0 Å². The first kappa shape index (κ1) is 16.6. The van der Waals surface area contributed by atoms with Crippen molar-refractivity contribution in [2.45, 2.75) is 90.8 Å². The van der Waals surface area contributed by atoms with Crippen LogP contribution >= 0.6 is 0 Å². The predicted octanol–water partition coefficient (Wildman–Crippen LogP) is 5.17. The zero-order chi connectivity index (χ0) is 16.0. The first-order valence-electron chi connectivity index (χ1n) is 9.33. The zero-order valence-corrected chi connectivity index (χ0v) is 15.2. The number of hydrogen-bond donors (Lipinski definition) is 0. The molecule has 1 atom stereocenters. The average molecular weight is 304 g/mol. The van der Waals surface area contributed by atoms with Crippen LogP contribution in [0.15, 0.2) is 11.5 Å². The molecule has 0 radical (unpaired) electrons. The molecule has 0 aromatic heterocycles. The third-order valence-electron chi connectivity index (χ3n) is 6.77. The highest BCUT2D eigenvalue weighted by atomic mass is 16.7. The molecule has 0 amide bonds. The molecular formula is C19H33BO2. The molecule has 2 aliphatic carbocycles. The number of rotatable bonds is 2. The van der Waals surface area contributed by atoms with Gasteiger partial charge in [-0.15, -0.1) is 0 Å². The molecule has 1 unspecified atom stereocenters. The van der Waals surface area contributed by atoms with Crippen molar-refractivity contribution in [3.8, 4) is 0 Å². The quantitative estimate of drug-likeness (QED) is 0.655. The fourth-order valence-electron chi connectivity index (χ4n) is 4.27. The molecular weight excluding hydrogens is 271 g/mol. The summed E-state index contributed by atoms with van der Waals surface area (Å²) in [5.41, 5.74) is 0.961. The topological polar surface area (TPSA) is 18.5 Å². The summed E-state index contributed by atoms with van der Waals surface area (Å²) in [4.78, 5) is 0. The predicted molar refractivity (Wildman–Crippen MR) is 92.6 cm³/mol. The number of allylic oxidation sites excluding steroid dienone is 2. The van der Waals surface area contributed by atoms with Crippen molar-refractivity contribution in [1.82, 2.24) is 0 Å². The SMILES string of the molecule is CC1(C)OB(C2=CCC([C@H]3CC[C@H](C)CC3)CC2)OC1(C)C. The van der Waals surface area contributed by atoms with Gasteiger partial charge in [0.2, 0.25) is 0 Å². The van der Waals surface area contributed by atoms with Crippen molar-refractivity contribution in [3.05, 3.63) is 11.5 Å². The Morgan fingerprint density at radius 3 is 2.00 bits per heavy atom. The fourth-order valence-corrected chi connectivity index (χ4v) is 4.27. The normalized spacial score (nSPS) is 38.0. The number of hydrogen-bond acceptors (Lipinski definition) is 2. The molecule has 1 aliphatic heterocycles. The molecule has 1 saturated carbocycles.